The third-order valence-corrected chi connectivity index (χ3v) is 10.7. The number of carbonyl (C=O) groups excluding carboxylic acids is 2. The molecule has 0 aliphatic rings. The summed E-state index contributed by atoms with van der Waals surface area (Å²) in [4.78, 5) is 27.4. The van der Waals surface area contributed by atoms with E-state index in [2.05, 4.69) is 25.7 Å². The predicted octanol–water partition coefficient (Wildman–Crippen LogP) is 14.9. The van der Waals surface area contributed by atoms with E-state index in [0.717, 1.165) is 77.4 Å². The van der Waals surface area contributed by atoms with Crippen molar-refractivity contribution in [3.05, 3.63) is 0 Å². The highest BCUT2D eigenvalue weighted by Gasteiger charge is 2.14. The lowest BCUT2D eigenvalue weighted by atomic mass is 10.0. The minimum atomic E-state index is -0.0250. The van der Waals surface area contributed by atoms with E-state index in [1.54, 1.807) is 0 Å². The van der Waals surface area contributed by atoms with E-state index in [1.807, 2.05) is 0 Å². The molecule has 0 spiro atoms. The molecule has 312 valence electrons. The number of hydrogen-bond donors (Lipinski definition) is 0. The molecule has 5 nitrogen and oxygen atoms in total. The van der Waals surface area contributed by atoms with Crippen molar-refractivity contribution in [2.45, 2.75) is 253 Å². The summed E-state index contributed by atoms with van der Waals surface area (Å²) in [5.74, 6) is 0.704. The SMILES string of the molecule is C.CCCCCCCCCCCOC(=O)CCCCCN(CCCCl)CCCCCCCC(=O)OC(CCCCCCCC)CCCCCCCC. The molecule has 0 unspecified atom stereocenters. The van der Waals surface area contributed by atoms with Gasteiger partial charge in [0.25, 0.3) is 0 Å². The average molecular weight is 759 g/mol. The van der Waals surface area contributed by atoms with Crippen LogP contribution in [0.25, 0.3) is 0 Å². The quantitative estimate of drug-likeness (QED) is 0.0352. The Morgan fingerprint density at radius 2 is 0.827 bits per heavy atom. The van der Waals surface area contributed by atoms with E-state index in [1.165, 1.54) is 148 Å². The van der Waals surface area contributed by atoms with Crippen LogP contribution in [0.1, 0.15) is 247 Å². The summed E-state index contributed by atoms with van der Waals surface area (Å²) in [6.07, 6.45) is 40.0. The molecule has 0 radical (unpaired) electrons. The van der Waals surface area contributed by atoms with Crippen LogP contribution in [0.5, 0.6) is 0 Å². The van der Waals surface area contributed by atoms with Gasteiger partial charge in [-0.15, -0.1) is 11.6 Å². The van der Waals surface area contributed by atoms with Crippen LogP contribution in [0.2, 0.25) is 0 Å². The lowest BCUT2D eigenvalue weighted by Crippen LogP contribution is -2.27. The fraction of sp³-hybridized carbons (Fsp3) is 0.957. The standard InChI is InChI=1S/C45H88ClNO4.CH4/c1-4-7-10-13-16-17-18-24-32-42-50-44(48)36-29-25-31-40-47(41-33-38-46)39-30-23-19-22-28-37-45(49)51-43(34-26-20-14-11-8-5-2)35-27-21-15-12-9-6-3;/h43H,4-42H2,1-3H3;1H4. The smallest absolute Gasteiger partial charge is 0.306 e. The van der Waals surface area contributed by atoms with Crippen molar-refractivity contribution in [1.29, 1.82) is 0 Å². The molecule has 0 fully saturated rings. The van der Waals surface area contributed by atoms with E-state index in [9.17, 15) is 9.59 Å². The Labute approximate surface area is 331 Å². The fourth-order valence-electron chi connectivity index (χ4n) is 7.02. The van der Waals surface area contributed by atoms with Crippen LogP contribution in [0, 0.1) is 0 Å². The molecule has 0 N–H and O–H groups in total. The number of ether oxygens (including phenoxy) is 2. The lowest BCUT2D eigenvalue weighted by molar-refractivity contribution is -0.150. The number of halogens is 1. The molecule has 0 rings (SSSR count). The number of carbonyl (C=O) groups is 2. The molecule has 0 aromatic carbocycles. The third kappa shape index (κ3) is 40.4. The summed E-state index contributed by atoms with van der Waals surface area (Å²) in [7, 11) is 0. The number of rotatable bonds is 42. The first-order valence-electron chi connectivity index (χ1n) is 22.7. The molecule has 0 amide bonds. The summed E-state index contributed by atoms with van der Waals surface area (Å²) >= 11 is 6.02. The van der Waals surface area contributed by atoms with Gasteiger partial charge >= 0.3 is 11.9 Å². The zero-order valence-electron chi connectivity index (χ0n) is 34.6. The summed E-state index contributed by atoms with van der Waals surface area (Å²) in [5, 5.41) is 0. The topological polar surface area (TPSA) is 55.8 Å². The van der Waals surface area contributed by atoms with E-state index < -0.39 is 0 Å². The second-order valence-electron chi connectivity index (χ2n) is 15.5. The Bertz CT molecular complexity index is 704. The number of esters is 2. The second-order valence-corrected chi connectivity index (χ2v) is 15.9. The third-order valence-electron chi connectivity index (χ3n) is 10.4. The molecule has 0 aromatic rings. The molecule has 0 bridgehead atoms. The van der Waals surface area contributed by atoms with Crippen molar-refractivity contribution >= 4 is 23.5 Å². The Morgan fingerprint density at radius 1 is 0.462 bits per heavy atom. The van der Waals surface area contributed by atoms with Gasteiger partial charge in [0.15, 0.2) is 0 Å². The van der Waals surface area contributed by atoms with Crippen LogP contribution in [-0.4, -0.2) is 55.1 Å². The lowest BCUT2D eigenvalue weighted by Gasteiger charge is -2.22. The van der Waals surface area contributed by atoms with Gasteiger partial charge < -0.3 is 14.4 Å². The van der Waals surface area contributed by atoms with Crippen molar-refractivity contribution in [3.63, 3.8) is 0 Å². The van der Waals surface area contributed by atoms with Crippen molar-refractivity contribution in [3.8, 4) is 0 Å². The molecule has 6 heteroatoms. The zero-order chi connectivity index (χ0) is 37.3. The van der Waals surface area contributed by atoms with Gasteiger partial charge in [0.2, 0.25) is 0 Å². The monoisotopic (exact) mass is 758 g/mol. The van der Waals surface area contributed by atoms with E-state index >= 15 is 0 Å². The van der Waals surface area contributed by atoms with Gasteiger partial charge in [-0.05, 0) is 83.8 Å². The molecular weight excluding hydrogens is 666 g/mol. The van der Waals surface area contributed by atoms with Gasteiger partial charge in [0.1, 0.15) is 6.10 Å². The molecule has 0 saturated heterocycles. The predicted molar refractivity (Wildman–Crippen MR) is 229 cm³/mol. The van der Waals surface area contributed by atoms with Gasteiger partial charge in [-0.2, -0.15) is 0 Å². The first kappa shape index (κ1) is 53.3. The first-order valence-corrected chi connectivity index (χ1v) is 23.2. The molecule has 0 aromatic heterocycles. The highest BCUT2D eigenvalue weighted by Crippen LogP contribution is 2.18. The van der Waals surface area contributed by atoms with Crippen molar-refractivity contribution in [1.82, 2.24) is 4.90 Å². The molecule has 0 heterocycles. The highest BCUT2D eigenvalue weighted by atomic mass is 35.5. The molecule has 0 atom stereocenters. The normalized spacial score (nSPS) is 11.3. The van der Waals surface area contributed by atoms with Crippen molar-refractivity contribution in [2.24, 2.45) is 0 Å². The first-order chi connectivity index (χ1) is 25.1. The van der Waals surface area contributed by atoms with Gasteiger partial charge in [0, 0.05) is 18.7 Å². The van der Waals surface area contributed by atoms with Crippen LogP contribution < -0.4 is 0 Å². The van der Waals surface area contributed by atoms with E-state index in [4.69, 9.17) is 21.1 Å². The van der Waals surface area contributed by atoms with Crippen LogP contribution >= 0.6 is 11.6 Å². The van der Waals surface area contributed by atoms with E-state index in [0.29, 0.717) is 25.3 Å². The second kappa shape index (κ2) is 44.6. The minimum absolute atomic E-state index is 0. The zero-order valence-corrected chi connectivity index (χ0v) is 35.4. The summed E-state index contributed by atoms with van der Waals surface area (Å²) in [6.45, 7) is 10.6. The maximum Gasteiger partial charge on any atom is 0.306 e. The summed E-state index contributed by atoms with van der Waals surface area (Å²) < 4.78 is 11.5. The number of nitrogens with zero attached hydrogens (tertiary/aromatic N) is 1. The van der Waals surface area contributed by atoms with Crippen LogP contribution in [0.3, 0.4) is 0 Å². The maximum absolute atomic E-state index is 12.7. The van der Waals surface area contributed by atoms with Crippen LogP contribution in [0.4, 0.5) is 0 Å². The Hall–Kier alpha value is -0.810. The number of alkyl halides is 1. The average Bonchev–Trinajstić information content (AvgIpc) is 3.13. The van der Waals surface area contributed by atoms with Crippen LogP contribution in [-0.2, 0) is 19.1 Å². The van der Waals surface area contributed by atoms with Gasteiger partial charge in [0.05, 0.1) is 6.61 Å². The van der Waals surface area contributed by atoms with Crippen molar-refractivity contribution < 1.29 is 19.1 Å². The van der Waals surface area contributed by atoms with Crippen molar-refractivity contribution in [2.75, 3.05) is 32.1 Å². The van der Waals surface area contributed by atoms with Gasteiger partial charge in [-0.1, -0.05) is 169 Å². The Kier molecular flexibility index (Phi) is 45.7. The molecule has 0 aliphatic heterocycles. The molecule has 0 aliphatic carbocycles. The largest absolute Gasteiger partial charge is 0.466 e. The van der Waals surface area contributed by atoms with E-state index in [-0.39, 0.29) is 25.5 Å². The minimum Gasteiger partial charge on any atom is -0.466 e. The molecular formula is C46H92ClNO4. The Balaban J connectivity index is 0. The summed E-state index contributed by atoms with van der Waals surface area (Å²) in [6, 6.07) is 0. The number of hydrogen-bond acceptors (Lipinski definition) is 5. The molecule has 52 heavy (non-hydrogen) atoms. The molecule has 0 saturated carbocycles. The maximum atomic E-state index is 12.7. The Morgan fingerprint density at radius 3 is 1.31 bits per heavy atom. The number of unbranched alkanes of at least 4 members (excludes halogenated alkanes) is 24. The van der Waals surface area contributed by atoms with Gasteiger partial charge in [-0.3, -0.25) is 9.59 Å². The van der Waals surface area contributed by atoms with Gasteiger partial charge in [-0.25, -0.2) is 0 Å². The highest BCUT2D eigenvalue weighted by molar-refractivity contribution is 6.17. The fourth-order valence-corrected chi connectivity index (χ4v) is 7.14. The van der Waals surface area contributed by atoms with Crippen LogP contribution in [0.15, 0.2) is 0 Å². The summed E-state index contributed by atoms with van der Waals surface area (Å²) in [5.41, 5.74) is 0.